The summed E-state index contributed by atoms with van der Waals surface area (Å²) in [5.74, 6) is 1.21. The minimum absolute atomic E-state index is 0.196. The van der Waals surface area contributed by atoms with Gasteiger partial charge in [-0.2, -0.15) is 0 Å². The van der Waals surface area contributed by atoms with E-state index in [9.17, 15) is 5.11 Å². The molecule has 1 unspecified atom stereocenters. The Morgan fingerprint density at radius 3 is 2.83 bits per heavy atom. The number of aliphatic hydroxyl groups is 1. The number of nitrogens with zero attached hydrogens (tertiary/aromatic N) is 3. The molecule has 6 nitrogen and oxygen atoms in total. The number of aliphatic imine (C=N–C) groups is 1. The number of aryl methyl sites for hydroxylation is 1. The summed E-state index contributed by atoms with van der Waals surface area (Å²) in [5.41, 5.74) is -0.0786. The van der Waals surface area contributed by atoms with Crippen LogP contribution in [-0.4, -0.2) is 40.7 Å². The Bertz CT molecular complexity index is 677. The summed E-state index contributed by atoms with van der Waals surface area (Å²) in [4.78, 5) is 6.55. The zero-order valence-electron chi connectivity index (χ0n) is 14.6. The molecule has 0 amide bonds. The fourth-order valence-electron chi connectivity index (χ4n) is 2.40. The zero-order chi connectivity index (χ0) is 17.7. The number of nitrogens with one attached hydrogen (secondary N) is 1. The Balaban J connectivity index is 2.11. The van der Waals surface area contributed by atoms with Crippen molar-refractivity contribution in [3.05, 3.63) is 47.1 Å². The van der Waals surface area contributed by atoms with Gasteiger partial charge in [-0.3, -0.25) is 0 Å². The third-order valence-electron chi connectivity index (χ3n) is 3.76. The highest BCUT2D eigenvalue weighted by Crippen LogP contribution is 2.21. The van der Waals surface area contributed by atoms with E-state index in [1.807, 2.05) is 42.7 Å². The number of guanidine groups is 1. The highest BCUT2D eigenvalue weighted by Gasteiger charge is 2.26. The standard InChI is InChI=1S/C17H25ClN4O2/c1-5-19-16(20-12-17(2,23)15-7-6-8-24-15)22(4)11-14-9-13(18)10-21(14)3/h6-10,23H,5,11-12H2,1-4H3,(H,19,20). The molecule has 0 spiro atoms. The second-order valence-electron chi connectivity index (χ2n) is 6.04. The van der Waals surface area contributed by atoms with Crippen molar-refractivity contribution in [3.63, 3.8) is 0 Å². The minimum Gasteiger partial charge on any atom is -0.466 e. The van der Waals surface area contributed by atoms with Crippen LogP contribution in [0.5, 0.6) is 0 Å². The fourth-order valence-corrected chi connectivity index (χ4v) is 2.68. The van der Waals surface area contributed by atoms with Crippen LogP contribution in [0.1, 0.15) is 25.3 Å². The molecule has 1 atom stereocenters. The van der Waals surface area contributed by atoms with Gasteiger partial charge in [-0.25, -0.2) is 4.99 Å². The van der Waals surface area contributed by atoms with Crippen molar-refractivity contribution in [1.29, 1.82) is 0 Å². The topological polar surface area (TPSA) is 65.9 Å². The first-order valence-electron chi connectivity index (χ1n) is 7.90. The zero-order valence-corrected chi connectivity index (χ0v) is 15.3. The monoisotopic (exact) mass is 352 g/mol. The molecule has 0 saturated heterocycles. The molecule has 2 heterocycles. The molecule has 0 saturated carbocycles. The molecule has 2 rings (SSSR count). The SMILES string of the molecule is CCNC(=NCC(C)(O)c1ccco1)N(C)Cc1cc(Cl)cn1C. The van der Waals surface area contributed by atoms with Crippen LogP contribution in [-0.2, 0) is 19.2 Å². The Kier molecular flexibility index (Phi) is 5.96. The van der Waals surface area contributed by atoms with Crippen LogP contribution in [0, 0.1) is 0 Å². The summed E-state index contributed by atoms with van der Waals surface area (Å²) < 4.78 is 7.28. The Morgan fingerprint density at radius 1 is 1.54 bits per heavy atom. The van der Waals surface area contributed by atoms with Crippen LogP contribution in [0.4, 0.5) is 0 Å². The average Bonchev–Trinajstić information content (AvgIpc) is 3.14. The maximum absolute atomic E-state index is 10.5. The highest BCUT2D eigenvalue weighted by molar-refractivity contribution is 6.30. The molecule has 2 aromatic rings. The maximum atomic E-state index is 10.5. The number of aromatic nitrogens is 1. The molecule has 2 N–H and O–H groups in total. The molecule has 0 fully saturated rings. The van der Waals surface area contributed by atoms with E-state index in [4.69, 9.17) is 16.0 Å². The molecule has 0 aliphatic carbocycles. The van der Waals surface area contributed by atoms with Gasteiger partial charge in [0.05, 0.1) is 24.4 Å². The van der Waals surface area contributed by atoms with E-state index in [-0.39, 0.29) is 6.54 Å². The largest absolute Gasteiger partial charge is 0.466 e. The lowest BCUT2D eigenvalue weighted by atomic mass is 10.0. The van der Waals surface area contributed by atoms with Crippen LogP contribution >= 0.6 is 11.6 Å². The third-order valence-corrected chi connectivity index (χ3v) is 3.97. The predicted octanol–water partition coefficient (Wildman–Crippen LogP) is 2.58. The van der Waals surface area contributed by atoms with Gasteiger partial charge in [0.2, 0.25) is 0 Å². The quantitative estimate of drug-likeness (QED) is 0.619. The van der Waals surface area contributed by atoms with Gasteiger partial charge in [0.25, 0.3) is 0 Å². The summed E-state index contributed by atoms with van der Waals surface area (Å²) >= 11 is 6.04. The molecule has 132 valence electrons. The van der Waals surface area contributed by atoms with E-state index in [1.54, 1.807) is 25.3 Å². The van der Waals surface area contributed by atoms with Gasteiger partial charge in [-0.15, -0.1) is 0 Å². The summed E-state index contributed by atoms with van der Waals surface area (Å²) in [5, 5.41) is 14.5. The lowest BCUT2D eigenvalue weighted by molar-refractivity contribution is 0.0435. The second-order valence-corrected chi connectivity index (χ2v) is 6.47. The van der Waals surface area contributed by atoms with Crippen molar-refractivity contribution >= 4 is 17.6 Å². The Hall–Kier alpha value is -1.92. The molecule has 0 aliphatic rings. The number of hydrogen-bond acceptors (Lipinski definition) is 3. The van der Waals surface area contributed by atoms with E-state index in [1.165, 1.54) is 0 Å². The van der Waals surface area contributed by atoms with Crippen molar-refractivity contribution in [2.75, 3.05) is 20.1 Å². The normalized spacial score (nSPS) is 14.5. The van der Waals surface area contributed by atoms with E-state index in [2.05, 4.69) is 10.3 Å². The van der Waals surface area contributed by atoms with E-state index < -0.39 is 5.60 Å². The van der Waals surface area contributed by atoms with Crippen LogP contribution < -0.4 is 5.32 Å². The Morgan fingerprint density at radius 2 is 2.29 bits per heavy atom. The van der Waals surface area contributed by atoms with Crippen molar-refractivity contribution in [1.82, 2.24) is 14.8 Å². The second kappa shape index (κ2) is 7.77. The Labute approximate surface area is 147 Å². The molecule has 0 aromatic carbocycles. The molecule has 0 bridgehead atoms. The molecular formula is C17H25ClN4O2. The lowest BCUT2D eigenvalue weighted by Crippen LogP contribution is -2.40. The summed E-state index contributed by atoms with van der Waals surface area (Å²) in [7, 11) is 3.91. The summed E-state index contributed by atoms with van der Waals surface area (Å²) in [6.07, 6.45) is 3.42. The first-order valence-corrected chi connectivity index (χ1v) is 8.28. The van der Waals surface area contributed by atoms with Crippen molar-refractivity contribution in [3.8, 4) is 0 Å². The maximum Gasteiger partial charge on any atom is 0.194 e. The van der Waals surface area contributed by atoms with Gasteiger partial charge < -0.3 is 24.3 Å². The number of hydrogen-bond donors (Lipinski definition) is 2. The number of furan rings is 1. The number of rotatable bonds is 6. The van der Waals surface area contributed by atoms with Gasteiger partial charge in [0.1, 0.15) is 11.4 Å². The molecule has 7 heteroatoms. The van der Waals surface area contributed by atoms with Crippen molar-refractivity contribution in [2.24, 2.45) is 12.0 Å². The minimum atomic E-state index is -1.15. The molecule has 0 radical (unpaired) electrons. The average molecular weight is 353 g/mol. The first kappa shape index (κ1) is 18.4. The summed E-state index contributed by atoms with van der Waals surface area (Å²) in [6, 6.07) is 5.43. The van der Waals surface area contributed by atoms with Gasteiger partial charge in [0.15, 0.2) is 5.96 Å². The first-order chi connectivity index (χ1) is 11.3. The van der Waals surface area contributed by atoms with Crippen LogP contribution in [0.2, 0.25) is 5.02 Å². The molecule has 2 aromatic heterocycles. The van der Waals surface area contributed by atoms with Gasteiger partial charge >= 0.3 is 0 Å². The smallest absolute Gasteiger partial charge is 0.194 e. The molecule has 0 aliphatic heterocycles. The predicted molar refractivity (Wildman–Crippen MR) is 96.1 cm³/mol. The fraction of sp³-hybridized carbons (Fsp3) is 0.471. The van der Waals surface area contributed by atoms with Crippen LogP contribution in [0.15, 0.2) is 40.1 Å². The summed E-state index contributed by atoms with van der Waals surface area (Å²) in [6.45, 7) is 5.28. The van der Waals surface area contributed by atoms with Crippen molar-refractivity contribution < 1.29 is 9.52 Å². The van der Waals surface area contributed by atoms with Gasteiger partial charge in [0, 0.05) is 32.5 Å². The van der Waals surface area contributed by atoms with E-state index in [0.29, 0.717) is 23.3 Å². The van der Waals surface area contributed by atoms with Crippen molar-refractivity contribution in [2.45, 2.75) is 26.0 Å². The lowest BCUT2D eigenvalue weighted by Gasteiger charge is -2.24. The van der Waals surface area contributed by atoms with E-state index in [0.717, 1.165) is 12.2 Å². The number of halogens is 1. The molecular weight excluding hydrogens is 328 g/mol. The van der Waals surface area contributed by atoms with Gasteiger partial charge in [-0.1, -0.05) is 11.6 Å². The molecule has 24 heavy (non-hydrogen) atoms. The highest BCUT2D eigenvalue weighted by atomic mass is 35.5. The van der Waals surface area contributed by atoms with Gasteiger partial charge in [-0.05, 0) is 32.0 Å². The van der Waals surface area contributed by atoms with Crippen LogP contribution in [0.3, 0.4) is 0 Å². The third kappa shape index (κ3) is 4.55. The van der Waals surface area contributed by atoms with E-state index >= 15 is 0 Å². The van der Waals surface area contributed by atoms with Crippen LogP contribution in [0.25, 0.3) is 0 Å².